The summed E-state index contributed by atoms with van der Waals surface area (Å²) in [5, 5.41) is 2.50. The number of nitrogens with zero attached hydrogens (tertiary/aromatic N) is 3. The lowest BCUT2D eigenvalue weighted by Gasteiger charge is -2.39. The lowest BCUT2D eigenvalue weighted by atomic mass is 10.1. The predicted molar refractivity (Wildman–Crippen MR) is 79.3 cm³/mol. The van der Waals surface area contributed by atoms with Gasteiger partial charge in [-0.2, -0.15) is 0 Å². The number of rotatable bonds is 3. The van der Waals surface area contributed by atoms with E-state index in [1.54, 1.807) is 6.07 Å². The number of carbonyl (C=O) groups excluding carboxylic acids is 1. The minimum absolute atomic E-state index is 0.205. The standard InChI is InChI=1S/C15H15FN4O2/c1-10-5-14(18-9-17-10)20-7-13(8-20)22-15(21)19-12-4-2-3-11(16)6-12/h2-6,9,13H,7-8H2,1H3,(H,19,21). The minimum atomic E-state index is -0.589. The molecule has 1 amide bonds. The summed E-state index contributed by atoms with van der Waals surface area (Å²) in [6.07, 6.45) is 0.716. The molecule has 0 bridgehead atoms. The average molecular weight is 302 g/mol. The summed E-state index contributed by atoms with van der Waals surface area (Å²) >= 11 is 0. The summed E-state index contributed by atoms with van der Waals surface area (Å²) < 4.78 is 18.3. The first-order valence-electron chi connectivity index (χ1n) is 6.87. The van der Waals surface area contributed by atoms with E-state index in [-0.39, 0.29) is 6.10 Å². The second-order valence-electron chi connectivity index (χ2n) is 5.09. The third kappa shape index (κ3) is 3.30. The molecule has 1 aromatic heterocycles. The van der Waals surface area contributed by atoms with Crippen molar-refractivity contribution in [2.45, 2.75) is 13.0 Å². The molecule has 0 unspecified atom stereocenters. The number of carbonyl (C=O) groups is 1. The number of hydrogen-bond acceptors (Lipinski definition) is 5. The zero-order valence-electron chi connectivity index (χ0n) is 12.0. The molecular weight excluding hydrogens is 287 g/mol. The van der Waals surface area contributed by atoms with E-state index in [0.717, 1.165) is 11.5 Å². The zero-order valence-corrected chi connectivity index (χ0v) is 12.0. The van der Waals surface area contributed by atoms with Crippen molar-refractivity contribution in [2.24, 2.45) is 0 Å². The van der Waals surface area contributed by atoms with Crippen molar-refractivity contribution in [1.82, 2.24) is 9.97 Å². The van der Waals surface area contributed by atoms with Gasteiger partial charge in [-0.25, -0.2) is 19.2 Å². The normalized spacial score (nSPS) is 14.4. The Balaban J connectivity index is 1.48. The van der Waals surface area contributed by atoms with Gasteiger partial charge in [0.2, 0.25) is 0 Å². The van der Waals surface area contributed by atoms with E-state index >= 15 is 0 Å². The summed E-state index contributed by atoms with van der Waals surface area (Å²) in [5.41, 5.74) is 1.26. The number of benzene rings is 1. The van der Waals surface area contributed by atoms with Crippen LogP contribution in [-0.2, 0) is 4.74 Å². The van der Waals surface area contributed by atoms with Gasteiger partial charge in [0.15, 0.2) is 0 Å². The van der Waals surface area contributed by atoms with Crippen molar-refractivity contribution < 1.29 is 13.9 Å². The SMILES string of the molecule is Cc1cc(N2CC(OC(=O)Nc3cccc(F)c3)C2)ncn1. The first-order chi connectivity index (χ1) is 10.6. The van der Waals surface area contributed by atoms with Crippen LogP contribution in [0.15, 0.2) is 36.7 Å². The van der Waals surface area contributed by atoms with Crippen molar-refractivity contribution in [3.05, 3.63) is 48.2 Å². The smallest absolute Gasteiger partial charge is 0.412 e. The molecule has 3 rings (SSSR count). The van der Waals surface area contributed by atoms with E-state index in [1.165, 1.54) is 24.5 Å². The number of ether oxygens (including phenoxy) is 1. The van der Waals surface area contributed by atoms with Crippen LogP contribution in [0.2, 0.25) is 0 Å². The van der Waals surface area contributed by atoms with Crippen LogP contribution in [0.1, 0.15) is 5.69 Å². The highest BCUT2D eigenvalue weighted by atomic mass is 19.1. The maximum absolute atomic E-state index is 13.0. The number of anilines is 2. The summed E-state index contributed by atoms with van der Waals surface area (Å²) in [5.74, 6) is 0.407. The number of aryl methyl sites for hydroxylation is 1. The van der Waals surface area contributed by atoms with Gasteiger partial charge in [-0.15, -0.1) is 0 Å². The number of hydrogen-bond donors (Lipinski definition) is 1. The molecule has 1 aliphatic heterocycles. The van der Waals surface area contributed by atoms with Crippen molar-refractivity contribution in [1.29, 1.82) is 0 Å². The quantitative estimate of drug-likeness (QED) is 0.942. The van der Waals surface area contributed by atoms with Crippen molar-refractivity contribution in [3.8, 4) is 0 Å². The average Bonchev–Trinajstić information content (AvgIpc) is 2.42. The Morgan fingerprint density at radius 1 is 1.36 bits per heavy atom. The molecular formula is C15H15FN4O2. The number of halogens is 1. The van der Waals surface area contributed by atoms with Gasteiger partial charge in [0.25, 0.3) is 0 Å². The van der Waals surface area contributed by atoms with Crippen LogP contribution < -0.4 is 10.2 Å². The summed E-state index contributed by atoms with van der Waals surface area (Å²) in [6.45, 7) is 3.05. The molecule has 2 aromatic rings. The molecule has 0 radical (unpaired) electrons. The summed E-state index contributed by atoms with van der Waals surface area (Å²) in [6, 6.07) is 7.54. The second-order valence-corrected chi connectivity index (χ2v) is 5.09. The molecule has 114 valence electrons. The molecule has 22 heavy (non-hydrogen) atoms. The van der Waals surface area contributed by atoms with Gasteiger partial charge in [-0.3, -0.25) is 5.32 Å². The van der Waals surface area contributed by atoms with Gasteiger partial charge >= 0.3 is 6.09 Å². The monoisotopic (exact) mass is 302 g/mol. The summed E-state index contributed by atoms with van der Waals surface area (Å²) in [7, 11) is 0. The van der Waals surface area contributed by atoms with Gasteiger partial charge < -0.3 is 9.64 Å². The van der Waals surface area contributed by atoms with E-state index in [4.69, 9.17) is 4.74 Å². The summed E-state index contributed by atoms with van der Waals surface area (Å²) in [4.78, 5) is 21.9. The first-order valence-corrected chi connectivity index (χ1v) is 6.87. The fraction of sp³-hybridized carbons (Fsp3) is 0.267. The van der Waals surface area contributed by atoms with Crippen LogP contribution in [0, 0.1) is 12.7 Å². The van der Waals surface area contributed by atoms with Crippen LogP contribution in [0.3, 0.4) is 0 Å². The predicted octanol–water partition coefficient (Wildman–Crippen LogP) is 2.36. The van der Waals surface area contributed by atoms with Crippen LogP contribution in [0.5, 0.6) is 0 Å². The highest BCUT2D eigenvalue weighted by Crippen LogP contribution is 2.20. The zero-order chi connectivity index (χ0) is 15.5. The van der Waals surface area contributed by atoms with Crippen molar-refractivity contribution >= 4 is 17.6 Å². The fourth-order valence-corrected chi connectivity index (χ4v) is 2.18. The van der Waals surface area contributed by atoms with Crippen LogP contribution >= 0.6 is 0 Å². The number of aromatic nitrogens is 2. The molecule has 0 saturated carbocycles. The van der Waals surface area contributed by atoms with E-state index in [1.807, 2.05) is 17.9 Å². The second kappa shape index (κ2) is 5.97. The highest BCUT2D eigenvalue weighted by Gasteiger charge is 2.31. The molecule has 1 fully saturated rings. The third-order valence-electron chi connectivity index (χ3n) is 3.31. The maximum atomic E-state index is 13.0. The molecule has 1 N–H and O–H groups in total. The molecule has 1 saturated heterocycles. The van der Waals surface area contributed by atoms with Crippen molar-refractivity contribution in [2.75, 3.05) is 23.3 Å². The lowest BCUT2D eigenvalue weighted by Crippen LogP contribution is -2.53. The Morgan fingerprint density at radius 3 is 2.91 bits per heavy atom. The molecule has 7 heteroatoms. The Kier molecular flexibility index (Phi) is 3.86. The Morgan fingerprint density at radius 2 is 2.18 bits per heavy atom. The van der Waals surface area contributed by atoms with Crippen LogP contribution in [0.4, 0.5) is 20.7 Å². The molecule has 6 nitrogen and oxygen atoms in total. The molecule has 0 atom stereocenters. The molecule has 0 spiro atoms. The Hall–Kier alpha value is -2.70. The molecule has 2 heterocycles. The van der Waals surface area contributed by atoms with Gasteiger partial charge in [-0.1, -0.05) is 6.07 Å². The van der Waals surface area contributed by atoms with E-state index in [2.05, 4.69) is 15.3 Å². The van der Waals surface area contributed by atoms with Gasteiger partial charge in [0, 0.05) is 17.4 Å². The minimum Gasteiger partial charge on any atom is -0.442 e. The van der Waals surface area contributed by atoms with E-state index in [0.29, 0.717) is 18.8 Å². The third-order valence-corrected chi connectivity index (χ3v) is 3.31. The van der Waals surface area contributed by atoms with Crippen LogP contribution in [0.25, 0.3) is 0 Å². The number of amides is 1. The number of nitrogens with one attached hydrogen (secondary N) is 1. The van der Waals surface area contributed by atoms with Gasteiger partial charge in [-0.05, 0) is 25.1 Å². The molecule has 1 aromatic carbocycles. The van der Waals surface area contributed by atoms with E-state index < -0.39 is 11.9 Å². The lowest BCUT2D eigenvalue weighted by molar-refractivity contribution is 0.0924. The van der Waals surface area contributed by atoms with Crippen molar-refractivity contribution in [3.63, 3.8) is 0 Å². The van der Waals surface area contributed by atoms with E-state index in [9.17, 15) is 9.18 Å². The first kappa shape index (κ1) is 14.2. The van der Waals surface area contributed by atoms with Crippen LogP contribution in [-0.4, -0.2) is 35.3 Å². The van der Waals surface area contributed by atoms with Gasteiger partial charge in [0.05, 0.1) is 13.1 Å². The molecule has 1 aliphatic rings. The Bertz CT molecular complexity index is 689. The largest absolute Gasteiger partial charge is 0.442 e. The fourth-order valence-electron chi connectivity index (χ4n) is 2.18. The Labute approximate surface area is 126 Å². The van der Waals surface area contributed by atoms with Gasteiger partial charge in [0.1, 0.15) is 24.1 Å². The maximum Gasteiger partial charge on any atom is 0.412 e. The topological polar surface area (TPSA) is 67.3 Å². The molecule has 0 aliphatic carbocycles. The highest BCUT2D eigenvalue weighted by molar-refractivity contribution is 5.84.